The zero-order chi connectivity index (χ0) is 10.7. The first kappa shape index (κ1) is 9.58. The van der Waals surface area contributed by atoms with E-state index in [1.807, 2.05) is 0 Å². The van der Waals surface area contributed by atoms with Crippen LogP contribution in [-0.4, -0.2) is 10.2 Å². The molecule has 15 heavy (non-hydrogen) atoms. The summed E-state index contributed by atoms with van der Waals surface area (Å²) in [5, 5.41) is 5.89. The minimum atomic E-state index is -0.297. The van der Waals surface area contributed by atoms with Gasteiger partial charge in [-0.05, 0) is 17.7 Å². The quantitative estimate of drug-likeness (QED) is 0.805. The monoisotopic (exact) mass is 204 g/mol. The molecule has 0 saturated heterocycles. The molecule has 0 spiro atoms. The SMILES string of the molecule is O=c1[nH]nccc1Cc1ccccc1F. The summed E-state index contributed by atoms with van der Waals surface area (Å²) in [6.45, 7) is 0. The van der Waals surface area contributed by atoms with E-state index >= 15 is 0 Å². The van der Waals surface area contributed by atoms with Crippen molar-refractivity contribution in [3.8, 4) is 0 Å². The number of H-pyrrole nitrogens is 1. The summed E-state index contributed by atoms with van der Waals surface area (Å²) in [5.74, 6) is -0.297. The van der Waals surface area contributed by atoms with Crippen molar-refractivity contribution in [3.63, 3.8) is 0 Å². The molecule has 0 bridgehead atoms. The Labute approximate surface area is 85.6 Å². The third-order valence-electron chi connectivity index (χ3n) is 2.15. The molecule has 2 aromatic rings. The molecule has 0 unspecified atom stereocenters. The zero-order valence-electron chi connectivity index (χ0n) is 7.90. The highest BCUT2D eigenvalue weighted by molar-refractivity contribution is 5.24. The third-order valence-corrected chi connectivity index (χ3v) is 2.15. The number of hydrogen-bond acceptors (Lipinski definition) is 2. The lowest BCUT2D eigenvalue weighted by Crippen LogP contribution is -2.13. The van der Waals surface area contributed by atoms with Gasteiger partial charge in [-0.15, -0.1) is 0 Å². The number of benzene rings is 1. The lowest BCUT2D eigenvalue weighted by Gasteiger charge is -2.01. The van der Waals surface area contributed by atoms with E-state index in [2.05, 4.69) is 10.2 Å². The van der Waals surface area contributed by atoms with Crippen LogP contribution in [0, 0.1) is 5.82 Å². The molecule has 0 atom stereocenters. The van der Waals surface area contributed by atoms with Crippen LogP contribution in [0.1, 0.15) is 11.1 Å². The van der Waals surface area contributed by atoms with Gasteiger partial charge in [0, 0.05) is 18.2 Å². The van der Waals surface area contributed by atoms with Crippen LogP contribution in [-0.2, 0) is 6.42 Å². The van der Waals surface area contributed by atoms with Gasteiger partial charge in [0.05, 0.1) is 0 Å². The Balaban J connectivity index is 2.34. The second-order valence-electron chi connectivity index (χ2n) is 3.18. The summed E-state index contributed by atoms with van der Waals surface area (Å²) in [6, 6.07) is 7.99. The summed E-state index contributed by atoms with van der Waals surface area (Å²) in [7, 11) is 0. The van der Waals surface area contributed by atoms with Crippen LogP contribution in [0.25, 0.3) is 0 Å². The van der Waals surface area contributed by atoms with E-state index in [0.717, 1.165) is 0 Å². The van der Waals surface area contributed by atoms with Crippen molar-refractivity contribution in [1.82, 2.24) is 10.2 Å². The van der Waals surface area contributed by atoms with Gasteiger partial charge < -0.3 is 0 Å². The molecule has 1 heterocycles. The predicted molar refractivity (Wildman–Crippen MR) is 54.1 cm³/mol. The smallest absolute Gasteiger partial charge is 0.267 e. The number of rotatable bonds is 2. The summed E-state index contributed by atoms with van der Waals surface area (Å²) < 4.78 is 13.3. The largest absolute Gasteiger partial charge is 0.268 e. The maximum Gasteiger partial charge on any atom is 0.267 e. The van der Waals surface area contributed by atoms with Gasteiger partial charge >= 0.3 is 0 Å². The number of nitrogens with one attached hydrogen (secondary N) is 1. The molecular formula is C11H9FN2O. The summed E-state index contributed by atoms with van der Waals surface area (Å²) >= 11 is 0. The van der Waals surface area contributed by atoms with Crippen molar-refractivity contribution in [2.24, 2.45) is 0 Å². The first-order valence-corrected chi connectivity index (χ1v) is 4.53. The van der Waals surface area contributed by atoms with Gasteiger partial charge in [-0.3, -0.25) is 4.79 Å². The van der Waals surface area contributed by atoms with Crippen molar-refractivity contribution in [2.45, 2.75) is 6.42 Å². The Hall–Kier alpha value is -1.97. The highest BCUT2D eigenvalue weighted by atomic mass is 19.1. The second-order valence-corrected chi connectivity index (χ2v) is 3.18. The van der Waals surface area contributed by atoms with Crippen molar-refractivity contribution < 1.29 is 4.39 Å². The first-order chi connectivity index (χ1) is 7.27. The molecular weight excluding hydrogens is 195 g/mol. The minimum Gasteiger partial charge on any atom is -0.268 e. The Morgan fingerprint density at radius 3 is 2.73 bits per heavy atom. The van der Waals surface area contributed by atoms with Gasteiger partial charge in [0.15, 0.2) is 0 Å². The van der Waals surface area contributed by atoms with E-state index in [1.165, 1.54) is 12.3 Å². The van der Waals surface area contributed by atoms with E-state index in [0.29, 0.717) is 11.1 Å². The standard InChI is InChI=1S/C11H9FN2O/c12-10-4-2-1-3-8(10)7-9-5-6-13-14-11(9)15/h1-6H,7H2,(H,14,15). The molecule has 76 valence electrons. The fourth-order valence-electron chi connectivity index (χ4n) is 1.36. The van der Waals surface area contributed by atoms with E-state index in [9.17, 15) is 9.18 Å². The molecule has 0 aliphatic carbocycles. The van der Waals surface area contributed by atoms with Gasteiger partial charge in [-0.25, -0.2) is 9.49 Å². The lowest BCUT2D eigenvalue weighted by molar-refractivity contribution is 0.613. The second kappa shape index (κ2) is 4.04. The fraction of sp³-hybridized carbons (Fsp3) is 0.0909. The molecule has 0 aliphatic rings. The topological polar surface area (TPSA) is 45.8 Å². The van der Waals surface area contributed by atoms with Gasteiger partial charge in [-0.2, -0.15) is 5.10 Å². The predicted octanol–water partition coefficient (Wildman–Crippen LogP) is 1.50. The molecule has 1 N–H and O–H groups in total. The van der Waals surface area contributed by atoms with E-state index in [1.54, 1.807) is 24.3 Å². The van der Waals surface area contributed by atoms with Gasteiger partial charge in [0.2, 0.25) is 0 Å². The number of hydrogen-bond donors (Lipinski definition) is 1. The van der Waals surface area contributed by atoms with Crippen molar-refractivity contribution in [3.05, 3.63) is 63.8 Å². The molecule has 2 rings (SSSR count). The molecule has 4 heteroatoms. The van der Waals surface area contributed by atoms with Gasteiger partial charge in [0.1, 0.15) is 5.82 Å². The summed E-state index contributed by atoms with van der Waals surface area (Å²) in [6.07, 6.45) is 1.77. The van der Waals surface area contributed by atoms with E-state index in [-0.39, 0.29) is 17.8 Å². The maximum absolute atomic E-state index is 13.3. The average molecular weight is 204 g/mol. The van der Waals surface area contributed by atoms with E-state index in [4.69, 9.17) is 0 Å². The Morgan fingerprint density at radius 1 is 1.20 bits per heavy atom. The molecule has 0 amide bonds. The maximum atomic E-state index is 13.3. The number of halogens is 1. The Morgan fingerprint density at radius 2 is 2.00 bits per heavy atom. The van der Waals surface area contributed by atoms with Gasteiger partial charge in [-0.1, -0.05) is 18.2 Å². The van der Waals surface area contributed by atoms with Gasteiger partial charge in [0.25, 0.3) is 5.56 Å². The van der Waals surface area contributed by atoms with Crippen LogP contribution >= 0.6 is 0 Å². The highest BCUT2D eigenvalue weighted by Crippen LogP contribution is 2.09. The molecule has 3 nitrogen and oxygen atoms in total. The Bertz CT molecular complexity index is 522. The fourth-order valence-corrected chi connectivity index (χ4v) is 1.36. The Kier molecular flexibility index (Phi) is 2.58. The van der Waals surface area contributed by atoms with Crippen LogP contribution < -0.4 is 5.56 Å². The van der Waals surface area contributed by atoms with E-state index < -0.39 is 0 Å². The highest BCUT2D eigenvalue weighted by Gasteiger charge is 2.04. The van der Waals surface area contributed by atoms with Crippen molar-refractivity contribution in [2.75, 3.05) is 0 Å². The molecule has 0 saturated carbocycles. The average Bonchev–Trinajstić information content (AvgIpc) is 2.24. The molecule has 0 aliphatic heterocycles. The lowest BCUT2D eigenvalue weighted by atomic mass is 10.1. The van der Waals surface area contributed by atoms with Crippen LogP contribution in [0.2, 0.25) is 0 Å². The number of aromatic nitrogens is 2. The molecule has 1 aromatic carbocycles. The molecule has 0 radical (unpaired) electrons. The van der Waals surface area contributed by atoms with Crippen LogP contribution in [0.5, 0.6) is 0 Å². The number of aromatic amines is 1. The molecule has 1 aromatic heterocycles. The summed E-state index contributed by atoms with van der Waals surface area (Å²) in [4.78, 5) is 11.3. The van der Waals surface area contributed by atoms with Crippen molar-refractivity contribution >= 4 is 0 Å². The van der Waals surface area contributed by atoms with Crippen LogP contribution in [0.4, 0.5) is 4.39 Å². The number of nitrogens with zero attached hydrogens (tertiary/aromatic N) is 1. The van der Waals surface area contributed by atoms with Crippen LogP contribution in [0.3, 0.4) is 0 Å². The minimum absolute atomic E-state index is 0.277. The van der Waals surface area contributed by atoms with Crippen molar-refractivity contribution in [1.29, 1.82) is 0 Å². The summed E-state index contributed by atoms with van der Waals surface area (Å²) in [5.41, 5.74) is 0.741. The molecule has 0 fully saturated rings. The van der Waals surface area contributed by atoms with Crippen LogP contribution in [0.15, 0.2) is 41.3 Å². The zero-order valence-corrected chi connectivity index (χ0v) is 7.90. The first-order valence-electron chi connectivity index (χ1n) is 4.53. The third kappa shape index (κ3) is 2.10. The normalized spacial score (nSPS) is 10.2.